The van der Waals surface area contributed by atoms with Crippen LogP contribution in [0.25, 0.3) is 0 Å². The second kappa shape index (κ2) is 6.06. The van der Waals surface area contributed by atoms with Crippen LogP contribution < -0.4 is 5.30 Å². The van der Waals surface area contributed by atoms with Gasteiger partial charge in [0.15, 0.2) is 0 Å². The van der Waals surface area contributed by atoms with Gasteiger partial charge in [0.25, 0.3) is 0 Å². The van der Waals surface area contributed by atoms with E-state index in [1.165, 1.54) is 25.7 Å². The third kappa shape index (κ3) is 3.48. The van der Waals surface area contributed by atoms with Crippen molar-refractivity contribution >= 4 is 12.4 Å². The van der Waals surface area contributed by atoms with E-state index < -0.39 is 7.14 Å². The van der Waals surface area contributed by atoms with E-state index in [2.05, 4.69) is 26.0 Å². The Bertz CT molecular complexity index is 410. The molecule has 1 aliphatic rings. The Hall–Kier alpha value is -0.550. The van der Waals surface area contributed by atoms with Crippen molar-refractivity contribution in [1.29, 1.82) is 0 Å². The summed E-state index contributed by atoms with van der Waals surface area (Å²) < 4.78 is 12.9. The van der Waals surface area contributed by atoms with Gasteiger partial charge in [0.2, 0.25) is 0 Å². The fraction of sp³-hybridized carbons (Fsp3) is 0.625. The SMILES string of the molecule is CC(C)CCCC1CCP(=O)(c2ccccc2)C1. The molecule has 1 aliphatic heterocycles. The summed E-state index contributed by atoms with van der Waals surface area (Å²) in [5.74, 6) is 1.50. The standard InChI is InChI=1S/C16H25OP/c1-14(2)7-6-8-15-11-12-18(17,13-15)16-9-4-3-5-10-16/h3-5,9-10,14-15H,6-8,11-13H2,1-2H3. The highest BCUT2D eigenvalue weighted by molar-refractivity contribution is 7.71. The molecular formula is C16H25OP. The van der Waals surface area contributed by atoms with Crippen LogP contribution in [0.3, 0.4) is 0 Å². The van der Waals surface area contributed by atoms with E-state index in [-0.39, 0.29) is 0 Å². The molecule has 0 bridgehead atoms. The summed E-state index contributed by atoms with van der Waals surface area (Å²) in [4.78, 5) is 0. The average Bonchev–Trinajstić information content (AvgIpc) is 2.73. The van der Waals surface area contributed by atoms with Gasteiger partial charge < -0.3 is 4.57 Å². The van der Waals surface area contributed by atoms with Gasteiger partial charge >= 0.3 is 0 Å². The molecule has 1 aromatic rings. The van der Waals surface area contributed by atoms with Crippen LogP contribution in [0.15, 0.2) is 30.3 Å². The van der Waals surface area contributed by atoms with E-state index in [4.69, 9.17) is 0 Å². The third-order valence-corrected chi connectivity index (χ3v) is 7.40. The van der Waals surface area contributed by atoms with E-state index in [0.29, 0.717) is 5.92 Å². The molecule has 0 spiro atoms. The summed E-state index contributed by atoms with van der Waals surface area (Å²) >= 11 is 0. The number of rotatable bonds is 5. The fourth-order valence-corrected chi connectivity index (χ4v) is 6.32. The van der Waals surface area contributed by atoms with Gasteiger partial charge in [0, 0.05) is 17.6 Å². The Morgan fingerprint density at radius 1 is 1.28 bits per heavy atom. The third-order valence-electron chi connectivity index (χ3n) is 4.07. The van der Waals surface area contributed by atoms with Crippen molar-refractivity contribution in [1.82, 2.24) is 0 Å². The predicted octanol–water partition coefficient (Wildman–Crippen LogP) is 4.52. The van der Waals surface area contributed by atoms with Crippen molar-refractivity contribution in [3.05, 3.63) is 30.3 Å². The van der Waals surface area contributed by atoms with Gasteiger partial charge in [-0.25, -0.2) is 0 Å². The Labute approximate surface area is 111 Å². The zero-order valence-electron chi connectivity index (χ0n) is 11.6. The Balaban J connectivity index is 1.90. The van der Waals surface area contributed by atoms with Crippen molar-refractivity contribution in [3.63, 3.8) is 0 Å². The predicted molar refractivity (Wildman–Crippen MR) is 80.2 cm³/mol. The van der Waals surface area contributed by atoms with Gasteiger partial charge in [-0.2, -0.15) is 0 Å². The molecule has 1 saturated heterocycles. The maximum atomic E-state index is 12.9. The highest BCUT2D eigenvalue weighted by Gasteiger charge is 2.34. The lowest BCUT2D eigenvalue weighted by molar-refractivity contribution is 0.463. The Morgan fingerprint density at radius 2 is 2.00 bits per heavy atom. The van der Waals surface area contributed by atoms with E-state index >= 15 is 0 Å². The van der Waals surface area contributed by atoms with Gasteiger partial charge in [-0.1, -0.05) is 57.0 Å². The normalized spacial score (nSPS) is 27.8. The van der Waals surface area contributed by atoms with Crippen LogP contribution in [0.5, 0.6) is 0 Å². The molecule has 18 heavy (non-hydrogen) atoms. The zero-order valence-corrected chi connectivity index (χ0v) is 12.5. The molecule has 1 heterocycles. The summed E-state index contributed by atoms with van der Waals surface area (Å²) in [6, 6.07) is 10.1. The van der Waals surface area contributed by atoms with Crippen molar-refractivity contribution in [3.8, 4) is 0 Å². The maximum absolute atomic E-state index is 12.9. The fourth-order valence-electron chi connectivity index (χ4n) is 2.98. The van der Waals surface area contributed by atoms with Gasteiger partial charge in [-0.3, -0.25) is 0 Å². The lowest BCUT2D eigenvalue weighted by Crippen LogP contribution is -2.07. The average molecular weight is 264 g/mol. The van der Waals surface area contributed by atoms with Crippen LogP contribution in [0.2, 0.25) is 0 Å². The molecule has 1 fully saturated rings. The highest BCUT2D eigenvalue weighted by atomic mass is 31.2. The van der Waals surface area contributed by atoms with Crippen LogP contribution in [0.1, 0.15) is 39.5 Å². The minimum absolute atomic E-state index is 0.704. The summed E-state index contributed by atoms with van der Waals surface area (Å²) in [7, 11) is -2.04. The van der Waals surface area contributed by atoms with E-state index in [0.717, 1.165) is 23.5 Å². The van der Waals surface area contributed by atoms with Crippen LogP contribution in [-0.4, -0.2) is 12.3 Å². The first-order valence-electron chi connectivity index (χ1n) is 7.24. The molecule has 0 saturated carbocycles. The molecule has 2 heteroatoms. The molecule has 0 radical (unpaired) electrons. The van der Waals surface area contributed by atoms with Gasteiger partial charge in [-0.05, 0) is 24.7 Å². The molecule has 0 amide bonds. The summed E-state index contributed by atoms with van der Waals surface area (Å²) in [6.45, 7) is 4.56. The molecule has 2 unspecified atom stereocenters. The van der Waals surface area contributed by atoms with E-state index in [1.807, 2.05) is 18.2 Å². The lowest BCUT2D eigenvalue weighted by atomic mass is 9.98. The molecule has 1 nitrogen and oxygen atoms in total. The van der Waals surface area contributed by atoms with E-state index in [1.54, 1.807) is 0 Å². The Morgan fingerprint density at radius 3 is 2.67 bits per heavy atom. The maximum Gasteiger partial charge on any atom is 0.115 e. The van der Waals surface area contributed by atoms with E-state index in [9.17, 15) is 4.57 Å². The van der Waals surface area contributed by atoms with Gasteiger partial charge in [0.1, 0.15) is 7.14 Å². The van der Waals surface area contributed by atoms with Crippen LogP contribution in [-0.2, 0) is 4.57 Å². The van der Waals surface area contributed by atoms with Gasteiger partial charge in [-0.15, -0.1) is 0 Å². The second-order valence-corrected chi connectivity index (χ2v) is 9.22. The summed E-state index contributed by atoms with van der Waals surface area (Å²) in [5, 5.41) is 1.11. The van der Waals surface area contributed by atoms with Crippen molar-refractivity contribution in [2.75, 3.05) is 12.3 Å². The smallest absolute Gasteiger partial charge is 0.115 e. The lowest BCUT2D eigenvalue weighted by Gasteiger charge is -2.13. The molecule has 100 valence electrons. The minimum atomic E-state index is -2.04. The van der Waals surface area contributed by atoms with Crippen LogP contribution in [0, 0.1) is 11.8 Å². The van der Waals surface area contributed by atoms with Gasteiger partial charge in [0.05, 0.1) is 0 Å². The quantitative estimate of drug-likeness (QED) is 0.714. The largest absolute Gasteiger partial charge is 0.319 e. The Kier molecular flexibility index (Phi) is 4.67. The molecule has 0 N–H and O–H groups in total. The molecule has 0 aliphatic carbocycles. The minimum Gasteiger partial charge on any atom is -0.319 e. The van der Waals surface area contributed by atoms with Crippen molar-refractivity contribution in [2.45, 2.75) is 39.5 Å². The number of hydrogen-bond acceptors (Lipinski definition) is 1. The molecule has 2 atom stereocenters. The summed E-state index contributed by atoms with van der Waals surface area (Å²) in [5.41, 5.74) is 0. The number of hydrogen-bond donors (Lipinski definition) is 0. The number of benzene rings is 1. The highest BCUT2D eigenvalue weighted by Crippen LogP contribution is 2.54. The molecular weight excluding hydrogens is 239 g/mol. The topological polar surface area (TPSA) is 17.1 Å². The molecule has 0 aromatic heterocycles. The second-order valence-electron chi connectivity index (χ2n) is 6.11. The monoisotopic (exact) mass is 264 g/mol. The van der Waals surface area contributed by atoms with Crippen molar-refractivity contribution < 1.29 is 4.57 Å². The van der Waals surface area contributed by atoms with Crippen LogP contribution in [0.4, 0.5) is 0 Å². The first-order chi connectivity index (χ1) is 8.60. The molecule has 2 rings (SSSR count). The molecule has 1 aromatic carbocycles. The first-order valence-corrected chi connectivity index (χ1v) is 9.31. The first kappa shape index (κ1) is 13.9. The van der Waals surface area contributed by atoms with Crippen LogP contribution >= 0.6 is 7.14 Å². The summed E-state index contributed by atoms with van der Waals surface area (Å²) in [6.07, 6.45) is 6.95. The zero-order chi connectivity index (χ0) is 13.0. The van der Waals surface area contributed by atoms with Crippen molar-refractivity contribution in [2.24, 2.45) is 11.8 Å².